The number of nitrogens with zero attached hydrogens (tertiary/aromatic N) is 5. The van der Waals surface area contributed by atoms with Crippen LogP contribution >= 0.6 is 0 Å². The van der Waals surface area contributed by atoms with Crippen molar-refractivity contribution in [1.82, 2.24) is 19.7 Å². The first kappa shape index (κ1) is 17.0. The molecule has 1 saturated heterocycles. The van der Waals surface area contributed by atoms with Gasteiger partial charge in [-0.25, -0.2) is 14.6 Å². The molecule has 0 N–H and O–H groups in total. The molecule has 3 unspecified atom stereocenters. The van der Waals surface area contributed by atoms with Crippen LogP contribution in [-0.4, -0.2) is 51.1 Å². The average Bonchev–Trinajstić information content (AvgIpc) is 3.08. The summed E-state index contributed by atoms with van der Waals surface area (Å²) >= 11 is 0. The van der Waals surface area contributed by atoms with E-state index in [1.165, 1.54) is 0 Å². The quantitative estimate of drug-likeness (QED) is 0.799. The van der Waals surface area contributed by atoms with Crippen molar-refractivity contribution >= 4 is 16.9 Å². The second-order valence-electron chi connectivity index (χ2n) is 6.32. The molecule has 7 nitrogen and oxygen atoms in total. The smallest absolute Gasteiger partial charge is 0.246 e. The van der Waals surface area contributed by atoms with Gasteiger partial charge in [0.1, 0.15) is 23.6 Å². The largest absolute Gasteiger partial charge is 0.474 e. The molecule has 0 amide bonds. The number of ether oxygens (including phenoxy) is 2. The van der Waals surface area contributed by atoms with Gasteiger partial charge in [0, 0.05) is 7.05 Å². The molecule has 24 heavy (non-hydrogen) atoms. The molecule has 0 radical (unpaired) electrons. The molecule has 0 spiro atoms. The van der Waals surface area contributed by atoms with Gasteiger partial charge in [-0.15, -0.1) is 5.10 Å². The third-order valence-corrected chi connectivity index (χ3v) is 4.50. The topological polar surface area (TPSA) is 65.3 Å². The van der Waals surface area contributed by atoms with Crippen LogP contribution in [0, 0.1) is 6.92 Å². The van der Waals surface area contributed by atoms with Crippen molar-refractivity contribution in [2.45, 2.75) is 59.2 Å². The van der Waals surface area contributed by atoms with Crippen LogP contribution in [0.3, 0.4) is 0 Å². The minimum absolute atomic E-state index is 0.218. The Morgan fingerprint density at radius 2 is 1.88 bits per heavy atom. The molecule has 7 heteroatoms. The van der Waals surface area contributed by atoms with Crippen molar-refractivity contribution in [3.8, 4) is 5.88 Å². The normalized spacial score (nSPS) is 25.9. The Morgan fingerprint density at radius 1 is 1.12 bits per heavy atom. The maximum absolute atomic E-state index is 5.92. The lowest BCUT2D eigenvalue weighted by atomic mass is 10.1. The van der Waals surface area contributed by atoms with E-state index in [2.05, 4.69) is 28.8 Å². The fourth-order valence-electron chi connectivity index (χ4n) is 3.50. The first-order chi connectivity index (χ1) is 11.5. The van der Waals surface area contributed by atoms with Gasteiger partial charge in [0.2, 0.25) is 5.88 Å². The highest BCUT2D eigenvalue weighted by atomic mass is 16.5. The van der Waals surface area contributed by atoms with E-state index in [1.54, 1.807) is 4.68 Å². The zero-order valence-corrected chi connectivity index (χ0v) is 15.4. The Balaban J connectivity index is 0.000000815. The molecule has 0 saturated carbocycles. The molecular formula is C17H27N5O2. The lowest BCUT2D eigenvalue weighted by Crippen LogP contribution is -2.45. The Labute approximate surface area is 143 Å². The van der Waals surface area contributed by atoms with Crippen LogP contribution in [0.5, 0.6) is 5.88 Å². The van der Waals surface area contributed by atoms with Crippen molar-refractivity contribution in [2.24, 2.45) is 7.05 Å². The van der Waals surface area contributed by atoms with E-state index in [4.69, 9.17) is 14.5 Å². The summed E-state index contributed by atoms with van der Waals surface area (Å²) in [6.07, 6.45) is 1.29. The highest BCUT2D eigenvalue weighted by molar-refractivity contribution is 5.93. The van der Waals surface area contributed by atoms with Gasteiger partial charge < -0.3 is 14.4 Å². The summed E-state index contributed by atoms with van der Waals surface area (Å²) in [4.78, 5) is 11.6. The monoisotopic (exact) mass is 333 g/mol. The number of aromatic nitrogens is 4. The molecule has 3 atom stereocenters. The summed E-state index contributed by atoms with van der Waals surface area (Å²) < 4.78 is 13.5. The summed E-state index contributed by atoms with van der Waals surface area (Å²) in [5.41, 5.74) is 0.823. The Hall–Kier alpha value is -1.89. The van der Waals surface area contributed by atoms with Crippen molar-refractivity contribution < 1.29 is 9.47 Å². The van der Waals surface area contributed by atoms with Gasteiger partial charge in [-0.1, -0.05) is 13.8 Å². The molecule has 0 bridgehead atoms. The van der Waals surface area contributed by atoms with E-state index < -0.39 is 0 Å². The fraction of sp³-hybridized carbons (Fsp3) is 0.706. The van der Waals surface area contributed by atoms with Gasteiger partial charge in [-0.3, -0.25) is 0 Å². The minimum atomic E-state index is 0.218. The van der Waals surface area contributed by atoms with Crippen LogP contribution in [-0.2, 0) is 11.8 Å². The van der Waals surface area contributed by atoms with Crippen molar-refractivity contribution in [1.29, 1.82) is 0 Å². The predicted molar refractivity (Wildman–Crippen MR) is 93.6 cm³/mol. The summed E-state index contributed by atoms with van der Waals surface area (Å²) in [7, 11) is 1.89. The summed E-state index contributed by atoms with van der Waals surface area (Å²) in [5, 5.41) is 5.38. The van der Waals surface area contributed by atoms with Gasteiger partial charge in [-0.05, 0) is 27.2 Å². The maximum atomic E-state index is 5.92. The van der Waals surface area contributed by atoms with Crippen LogP contribution in [0.1, 0.15) is 39.9 Å². The predicted octanol–water partition coefficient (Wildman–Crippen LogP) is 2.46. The van der Waals surface area contributed by atoms with Gasteiger partial charge in [0.15, 0.2) is 5.65 Å². The number of anilines is 1. The van der Waals surface area contributed by atoms with E-state index >= 15 is 0 Å². The molecule has 2 aliphatic rings. The molecule has 132 valence electrons. The van der Waals surface area contributed by atoms with Crippen molar-refractivity contribution in [3.63, 3.8) is 0 Å². The average molecular weight is 333 g/mol. The zero-order valence-electron chi connectivity index (χ0n) is 15.4. The maximum Gasteiger partial charge on any atom is 0.246 e. The van der Waals surface area contributed by atoms with E-state index in [1.807, 2.05) is 27.8 Å². The first-order valence-corrected chi connectivity index (χ1v) is 8.78. The molecule has 2 aliphatic heterocycles. The number of aryl methyl sites for hydroxylation is 2. The second-order valence-corrected chi connectivity index (χ2v) is 6.32. The number of hydrogen-bond acceptors (Lipinski definition) is 6. The highest BCUT2D eigenvalue weighted by Crippen LogP contribution is 2.37. The zero-order chi connectivity index (χ0) is 17.4. The molecule has 0 aliphatic carbocycles. The van der Waals surface area contributed by atoms with Gasteiger partial charge in [-0.2, -0.15) is 0 Å². The molecule has 1 fully saturated rings. The molecule has 4 heterocycles. The second kappa shape index (κ2) is 6.55. The summed E-state index contributed by atoms with van der Waals surface area (Å²) in [5.74, 6) is 2.32. The van der Waals surface area contributed by atoms with Gasteiger partial charge in [0.05, 0.1) is 24.8 Å². The van der Waals surface area contributed by atoms with E-state index in [-0.39, 0.29) is 12.1 Å². The van der Waals surface area contributed by atoms with E-state index in [0.717, 1.165) is 35.7 Å². The minimum Gasteiger partial charge on any atom is -0.474 e. The van der Waals surface area contributed by atoms with E-state index in [9.17, 15) is 0 Å². The first-order valence-electron chi connectivity index (χ1n) is 8.78. The molecular weight excluding hydrogens is 306 g/mol. The van der Waals surface area contributed by atoms with Crippen LogP contribution in [0.2, 0.25) is 0 Å². The van der Waals surface area contributed by atoms with Crippen LogP contribution in [0.4, 0.5) is 5.82 Å². The molecule has 2 aromatic rings. The van der Waals surface area contributed by atoms with Crippen molar-refractivity contribution in [2.75, 3.05) is 18.1 Å². The van der Waals surface area contributed by atoms with E-state index in [0.29, 0.717) is 18.5 Å². The molecule has 4 rings (SSSR count). The molecule has 0 aromatic carbocycles. The SMILES string of the molecule is CC.Cc1nc2c3c(nn(C)c3n1)OCC(C)N2C1COC(C)C1. The van der Waals surface area contributed by atoms with Crippen molar-refractivity contribution in [3.05, 3.63) is 5.82 Å². The summed E-state index contributed by atoms with van der Waals surface area (Å²) in [6, 6.07) is 0.535. The Morgan fingerprint density at radius 3 is 2.54 bits per heavy atom. The van der Waals surface area contributed by atoms with Crippen LogP contribution < -0.4 is 9.64 Å². The van der Waals surface area contributed by atoms with Crippen LogP contribution in [0.25, 0.3) is 11.0 Å². The van der Waals surface area contributed by atoms with Crippen LogP contribution in [0.15, 0.2) is 0 Å². The number of hydrogen-bond donors (Lipinski definition) is 0. The van der Waals surface area contributed by atoms with Gasteiger partial charge in [0.25, 0.3) is 0 Å². The third kappa shape index (κ3) is 2.70. The standard InChI is InChI=1S/C15H21N5O2.C2H6/c1-8-6-22-15-12-13(19(4)18-15)16-10(3)17-14(12)20(8)11-5-9(2)21-7-11;1-2/h8-9,11H,5-7H2,1-4H3;1-2H3. The Kier molecular flexibility index (Phi) is 4.62. The lowest BCUT2D eigenvalue weighted by molar-refractivity contribution is 0.122. The lowest BCUT2D eigenvalue weighted by Gasteiger charge is -2.33. The Bertz CT molecular complexity index is 729. The highest BCUT2D eigenvalue weighted by Gasteiger charge is 2.36. The van der Waals surface area contributed by atoms with Gasteiger partial charge >= 0.3 is 0 Å². The number of rotatable bonds is 1. The third-order valence-electron chi connectivity index (χ3n) is 4.50. The fourth-order valence-corrected chi connectivity index (χ4v) is 3.50. The molecule has 2 aromatic heterocycles. The summed E-state index contributed by atoms with van der Waals surface area (Å²) in [6.45, 7) is 11.5.